The third kappa shape index (κ3) is 1.74. The van der Waals surface area contributed by atoms with Crippen LogP contribution in [-0.2, 0) is 4.74 Å². The minimum absolute atomic E-state index is 0.157. The Kier molecular flexibility index (Phi) is 2.73. The second-order valence-corrected chi connectivity index (χ2v) is 3.36. The van der Waals surface area contributed by atoms with Crippen molar-refractivity contribution in [2.45, 2.75) is 18.9 Å². The number of hydrogen-bond donors (Lipinski definition) is 0. The molecule has 1 heterocycles. The molecule has 1 aromatic carbocycles. The molecule has 1 aliphatic rings. The maximum absolute atomic E-state index is 8.83. The van der Waals surface area contributed by atoms with Crippen LogP contribution < -0.4 is 0 Å². The van der Waals surface area contributed by atoms with E-state index in [1.165, 1.54) is 0 Å². The third-order valence-electron chi connectivity index (χ3n) is 2.40. The fourth-order valence-electron chi connectivity index (χ4n) is 1.70. The van der Waals surface area contributed by atoms with Gasteiger partial charge in [-0.3, -0.25) is 0 Å². The van der Waals surface area contributed by atoms with E-state index in [9.17, 15) is 0 Å². The Morgan fingerprint density at radius 1 is 1.29 bits per heavy atom. The van der Waals surface area contributed by atoms with Crippen molar-refractivity contribution >= 4 is 5.71 Å². The smallest absolute Gasteiger partial charge is 0.301 e. The summed E-state index contributed by atoms with van der Waals surface area (Å²) in [5.74, 6) is 0. The quantitative estimate of drug-likeness (QED) is 0.492. The standard InChI is InChI=1S/C11H12N2O/c12-13-10-7-4-8-14-11(10)9-5-2-1-3-6-9/h1-3,5-6,11H,4,7-8H2. The Labute approximate surface area is 82.9 Å². The van der Waals surface area contributed by atoms with E-state index in [0.717, 1.165) is 30.7 Å². The highest BCUT2D eigenvalue weighted by Gasteiger charge is 2.29. The first-order valence-electron chi connectivity index (χ1n) is 4.79. The molecule has 0 aliphatic carbocycles. The molecule has 0 N–H and O–H groups in total. The summed E-state index contributed by atoms with van der Waals surface area (Å²) < 4.78 is 5.58. The predicted molar refractivity (Wildman–Crippen MR) is 53.0 cm³/mol. The molecule has 1 saturated heterocycles. The van der Waals surface area contributed by atoms with E-state index in [2.05, 4.69) is 4.79 Å². The second-order valence-electron chi connectivity index (χ2n) is 3.36. The van der Waals surface area contributed by atoms with Crippen molar-refractivity contribution in [3.05, 3.63) is 41.4 Å². The summed E-state index contributed by atoms with van der Waals surface area (Å²) in [7, 11) is 0. The van der Waals surface area contributed by atoms with E-state index in [1.807, 2.05) is 30.3 Å². The molecule has 14 heavy (non-hydrogen) atoms. The van der Waals surface area contributed by atoms with E-state index >= 15 is 0 Å². The van der Waals surface area contributed by atoms with E-state index in [0.29, 0.717) is 0 Å². The second kappa shape index (κ2) is 4.18. The van der Waals surface area contributed by atoms with Crippen molar-refractivity contribution < 1.29 is 9.53 Å². The largest absolute Gasteiger partial charge is 0.361 e. The maximum Gasteiger partial charge on any atom is 0.301 e. The van der Waals surface area contributed by atoms with Crippen LogP contribution in [0.15, 0.2) is 30.3 Å². The van der Waals surface area contributed by atoms with Gasteiger partial charge >= 0.3 is 5.71 Å². The van der Waals surface area contributed by atoms with Crippen LogP contribution in [0, 0.1) is 0 Å². The third-order valence-corrected chi connectivity index (χ3v) is 2.40. The Morgan fingerprint density at radius 2 is 2.07 bits per heavy atom. The molecule has 0 spiro atoms. The van der Waals surface area contributed by atoms with Crippen molar-refractivity contribution in [3.8, 4) is 0 Å². The highest BCUT2D eigenvalue weighted by molar-refractivity contribution is 5.85. The fourth-order valence-corrected chi connectivity index (χ4v) is 1.70. The van der Waals surface area contributed by atoms with Crippen LogP contribution in [-0.4, -0.2) is 17.1 Å². The molecule has 0 aromatic heterocycles. The van der Waals surface area contributed by atoms with Gasteiger partial charge in [-0.15, -0.1) is 0 Å². The lowest BCUT2D eigenvalue weighted by molar-refractivity contribution is -0.0442. The molecule has 0 radical (unpaired) electrons. The zero-order chi connectivity index (χ0) is 9.80. The van der Waals surface area contributed by atoms with Gasteiger partial charge in [-0.1, -0.05) is 30.3 Å². The van der Waals surface area contributed by atoms with Crippen LogP contribution in [0.5, 0.6) is 0 Å². The summed E-state index contributed by atoms with van der Waals surface area (Å²) in [5.41, 5.74) is 10.6. The van der Waals surface area contributed by atoms with E-state index in [-0.39, 0.29) is 6.10 Å². The first-order valence-corrected chi connectivity index (χ1v) is 4.79. The summed E-state index contributed by atoms with van der Waals surface area (Å²) in [5, 5.41) is 0. The molecular weight excluding hydrogens is 176 g/mol. The van der Waals surface area contributed by atoms with Gasteiger partial charge in [0, 0.05) is 6.61 Å². The molecule has 1 atom stereocenters. The number of hydrogen-bond acceptors (Lipinski definition) is 1. The van der Waals surface area contributed by atoms with Crippen LogP contribution in [0.3, 0.4) is 0 Å². The summed E-state index contributed by atoms with van der Waals surface area (Å²) in [6.07, 6.45) is 1.59. The zero-order valence-corrected chi connectivity index (χ0v) is 7.89. The minimum Gasteiger partial charge on any atom is -0.361 e. The molecule has 1 fully saturated rings. The lowest BCUT2D eigenvalue weighted by atomic mass is 9.99. The number of nitrogens with zero attached hydrogens (tertiary/aromatic N) is 2. The van der Waals surface area contributed by atoms with Crippen LogP contribution in [0.4, 0.5) is 0 Å². The first-order chi connectivity index (χ1) is 6.92. The molecule has 1 aromatic rings. The van der Waals surface area contributed by atoms with Gasteiger partial charge in [0.05, 0.1) is 6.42 Å². The average molecular weight is 188 g/mol. The summed E-state index contributed by atoms with van der Waals surface area (Å²) in [6.45, 7) is 0.735. The lowest BCUT2D eigenvalue weighted by Crippen LogP contribution is -2.23. The summed E-state index contributed by atoms with van der Waals surface area (Å²) in [6, 6.07) is 9.86. The predicted octanol–water partition coefficient (Wildman–Crippen LogP) is 2.21. The lowest BCUT2D eigenvalue weighted by Gasteiger charge is -2.18. The minimum atomic E-state index is -0.157. The highest BCUT2D eigenvalue weighted by Crippen LogP contribution is 2.24. The summed E-state index contributed by atoms with van der Waals surface area (Å²) in [4.78, 5) is 3.30. The number of rotatable bonds is 1. The van der Waals surface area contributed by atoms with Crippen molar-refractivity contribution in [2.24, 2.45) is 0 Å². The molecule has 72 valence electrons. The van der Waals surface area contributed by atoms with Crippen LogP contribution in [0.2, 0.25) is 0 Å². The Hall–Kier alpha value is -1.44. The highest BCUT2D eigenvalue weighted by atomic mass is 16.5. The molecular formula is C11H12N2O. The van der Waals surface area contributed by atoms with Gasteiger partial charge in [0.15, 0.2) is 6.10 Å². The molecule has 3 heteroatoms. The Balaban J connectivity index is 2.28. The van der Waals surface area contributed by atoms with Crippen molar-refractivity contribution in [2.75, 3.05) is 6.61 Å². The molecule has 1 unspecified atom stereocenters. The molecule has 3 nitrogen and oxygen atoms in total. The Morgan fingerprint density at radius 3 is 2.79 bits per heavy atom. The molecule has 0 saturated carbocycles. The molecule has 0 amide bonds. The number of ether oxygens (including phenoxy) is 1. The average Bonchev–Trinajstić information content (AvgIpc) is 2.30. The molecule has 2 rings (SSSR count). The first kappa shape index (κ1) is 9.13. The fraction of sp³-hybridized carbons (Fsp3) is 0.364. The van der Waals surface area contributed by atoms with Gasteiger partial charge in [-0.25, -0.2) is 0 Å². The van der Waals surface area contributed by atoms with Crippen molar-refractivity contribution in [1.29, 1.82) is 0 Å². The van der Waals surface area contributed by atoms with Crippen molar-refractivity contribution in [3.63, 3.8) is 0 Å². The van der Waals surface area contributed by atoms with E-state index in [1.54, 1.807) is 0 Å². The van der Waals surface area contributed by atoms with Gasteiger partial charge in [-0.2, -0.15) is 4.79 Å². The number of benzene rings is 1. The molecule has 1 aliphatic heterocycles. The Bertz CT molecular complexity index is 355. The normalized spacial score (nSPS) is 21.7. The van der Waals surface area contributed by atoms with Gasteiger partial charge < -0.3 is 10.3 Å². The van der Waals surface area contributed by atoms with Crippen LogP contribution in [0.1, 0.15) is 24.5 Å². The van der Waals surface area contributed by atoms with Crippen LogP contribution >= 0.6 is 0 Å². The topological polar surface area (TPSA) is 45.6 Å². The monoisotopic (exact) mass is 188 g/mol. The maximum atomic E-state index is 8.83. The van der Waals surface area contributed by atoms with Gasteiger partial charge in [-0.05, 0) is 12.0 Å². The van der Waals surface area contributed by atoms with Crippen LogP contribution in [0.25, 0.3) is 5.53 Å². The van der Waals surface area contributed by atoms with Gasteiger partial charge in [0.25, 0.3) is 0 Å². The SMILES string of the molecule is [N-]=[N+]=C1CCCOC1c1ccccc1. The summed E-state index contributed by atoms with van der Waals surface area (Å²) >= 11 is 0. The molecule has 0 bridgehead atoms. The van der Waals surface area contributed by atoms with Crippen molar-refractivity contribution in [1.82, 2.24) is 0 Å². The van der Waals surface area contributed by atoms with E-state index < -0.39 is 0 Å². The van der Waals surface area contributed by atoms with Gasteiger partial charge in [0.1, 0.15) is 0 Å². The van der Waals surface area contributed by atoms with Gasteiger partial charge in [0.2, 0.25) is 0 Å². The zero-order valence-electron chi connectivity index (χ0n) is 7.89. The van der Waals surface area contributed by atoms with E-state index in [4.69, 9.17) is 10.3 Å².